The summed E-state index contributed by atoms with van der Waals surface area (Å²) in [6.07, 6.45) is -3.27. The smallest absolute Gasteiger partial charge is 0.272 e. The van der Waals surface area contributed by atoms with Crippen molar-refractivity contribution in [3.05, 3.63) is 59.7 Å². The molecule has 3 unspecified atom stereocenters. The van der Waals surface area contributed by atoms with Crippen LogP contribution in [-0.4, -0.2) is 62.4 Å². The molecule has 0 spiro atoms. The second-order valence-corrected chi connectivity index (χ2v) is 7.83. The highest BCUT2D eigenvalue weighted by molar-refractivity contribution is 5.27. The van der Waals surface area contributed by atoms with Gasteiger partial charge < -0.3 is 38.3 Å². The van der Waals surface area contributed by atoms with Crippen molar-refractivity contribution in [3.63, 3.8) is 0 Å². The molecule has 8 nitrogen and oxygen atoms in total. The van der Waals surface area contributed by atoms with Crippen molar-refractivity contribution >= 4 is 0 Å². The first-order valence-corrected chi connectivity index (χ1v) is 10.3. The van der Waals surface area contributed by atoms with Crippen LogP contribution < -0.4 is 9.47 Å². The molecule has 31 heavy (non-hydrogen) atoms. The molecular weight excluding hydrogens is 404 g/mol. The summed E-state index contributed by atoms with van der Waals surface area (Å²) in [4.78, 5) is 0. The molecule has 0 aromatic heterocycles. The fraction of sp³-hybridized carbons (Fsp3) is 0.478. The Morgan fingerprint density at radius 1 is 0.677 bits per heavy atom. The second-order valence-electron chi connectivity index (χ2n) is 7.83. The van der Waals surface area contributed by atoms with Crippen LogP contribution in [0.3, 0.4) is 0 Å². The molecule has 4 fully saturated rings. The van der Waals surface area contributed by atoms with E-state index in [0.29, 0.717) is 13.2 Å². The van der Waals surface area contributed by atoms with Crippen LogP contribution >= 0.6 is 0 Å². The van der Waals surface area contributed by atoms with Crippen molar-refractivity contribution < 1.29 is 38.3 Å². The van der Waals surface area contributed by atoms with Gasteiger partial charge in [0, 0.05) is 0 Å². The number of methoxy groups -OCH3 is 2. The maximum atomic E-state index is 10.8. The lowest BCUT2D eigenvalue weighted by Gasteiger charge is -2.57. The highest BCUT2D eigenvalue weighted by atomic mass is 16.9. The van der Waals surface area contributed by atoms with Crippen LogP contribution in [0.4, 0.5) is 0 Å². The average Bonchev–Trinajstić information content (AvgIpc) is 2.81. The Kier molecular flexibility index (Phi) is 5.83. The van der Waals surface area contributed by atoms with Crippen LogP contribution in [0.2, 0.25) is 0 Å². The Bertz CT molecular complexity index is 801. The standard InChI is InChI=1S/C23H26O8/c1-25-15-7-3-13(4-8-15)11-27-20-18-17(24)19-21(22(20)31-23(29-18)30-19)28-12-14-5-9-16(26-2)10-6-14/h3-10,17-24H,11-12H2,1-2H3/t17?,18-,19-,20-,21+,22?,23?/m0/s1. The topological polar surface area (TPSA) is 84.8 Å². The Labute approximate surface area is 180 Å². The van der Waals surface area contributed by atoms with Gasteiger partial charge in [0.05, 0.1) is 27.4 Å². The van der Waals surface area contributed by atoms with E-state index in [-0.39, 0.29) is 0 Å². The summed E-state index contributed by atoms with van der Waals surface area (Å²) >= 11 is 0. The van der Waals surface area contributed by atoms with Gasteiger partial charge in [0.15, 0.2) is 0 Å². The number of hydrogen-bond donors (Lipinski definition) is 1. The lowest BCUT2D eigenvalue weighted by Crippen LogP contribution is -2.75. The van der Waals surface area contributed by atoms with E-state index in [1.807, 2.05) is 48.5 Å². The van der Waals surface area contributed by atoms with Gasteiger partial charge in [-0.2, -0.15) is 0 Å². The van der Waals surface area contributed by atoms with Gasteiger partial charge >= 0.3 is 0 Å². The largest absolute Gasteiger partial charge is 0.497 e. The lowest BCUT2D eigenvalue weighted by molar-refractivity contribution is -0.487. The number of rotatable bonds is 8. The molecule has 1 aliphatic carbocycles. The van der Waals surface area contributed by atoms with Crippen molar-refractivity contribution in [2.24, 2.45) is 0 Å². The van der Waals surface area contributed by atoms with Gasteiger partial charge in [0.2, 0.25) is 0 Å². The third kappa shape index (κ3) is 4.03. The highest BCUT2D eigenvalue weighted by Gasteiger charge is 2.62. The van der Waals surface area contributed by atoms with Gasteiger partial charge in [-0.3, -0.25) is 0 Å². The maximum absolute atomic E-state index is 10.8. The van der Waals surface area contributed by atoms with Crippen molar-refractivity contribution in [1.82, 2.24) is 0 Å². The van der Waals surface area contributed by atoms with E-state index in [0.717, 1.165) is 22.6 Å². The molecule has 3 aliphatic heterocycles. The number of aliphatic hydroxyl groups excluding tert-OH is 1. The van der Waals surface area contributed by atoms with E-state index in [9.17, 15) is 5.11 Å². The zero-order valence-electron chi connectivity index (χ0n) is 17.4. The van der Waals surface area contributed by atoms with Crippen LogP contribution in [0.5, 0.6) is 11.5 Å². The van der Waals surface area contributed by atoms with Gasteiger partial charge in [-0.1, -0.05) is 24.3 Å². The molecule has 0 radical (unpaired) electrons. The van der Waals surface area contributed by atoms with E-state index in [4.69, 9.17) is 33.2 Å². The molecule has 2 aromatic carbocycles. The van der Waals surface area contributed by atoms with Crippen LogP contribution in [-0.2, 0) is 36.9 Å². The summed E-state index contributed by atoms with van der Waals surface area (Å²) in [6, 6.07) is 15.3. The summed E-state index contributed by atoms with van der Waals surface area (Å²) in [5.74, 6) is 1.56. The molecule has 0 amide bonds. The molecule has 3 saturated heterocycles. The SMILES string of the molecule is COc1ccc(CO[C@@H]2C3OC4O[C@H]2C(O)[C@H](O4)[C@H]3OCc2ccc(OC)cc2)cc1. The normalized spacial score (nSPS) is 33.5. The molecular formula is C23H26O8. The lowest BCUT2D eigenvalue weighted by atomic mass is 9.82. The highest BCUT2D eigenvalue weighted by Crippen LogP contribution is 2.42. The Morgan fingerprint density at radius 2 is 1.10 bits per heavy atom. The minimum Gasteiger partial charge on any atom is -0.497 e. The summed E-state index contributed by atoms with van der Waals surface area (Å²) < 4.78 is 40.0. The van der Waals surface area contributed by atoms with Gasteiger partial charge in [-0.05, 0) is 35.4 Å². The number of hydrogen-bond acceptors (Lipinski definition) is 8. The first-order valence-electron chi connectivity index (χ1n) is 10.3. The number of ether oxygens (including phenoxy) is 7. The third-order valence-electron chi connectivity index (χ3n) is 5.98. The van der Waals surface area contributed by atoms with E-state index in [1.165, 1.54) is 0 Å². The van der Waals surface area contributed by atoms with Crippen molar-refractivity contribution in [3.8, 4) is 11.5 Å². The van der Waals surface area contributed by atoms with E-state index in [1.54, 1.807) is 14.2 Å². The summed E-state index contributed by atoms with van der Waals surface area (Å²) in [5, 5.41) is 10.8. The Balaban J connectivity index is 1.27. The van der Waals surface area contributed by atoms with Crippen molar-refractivity contribution in [2.75, 3.05) is 14.2 Å². The predicted molar refractivity (Wildman–Crippen MR) is 108 cm³/mol. The first kappa shape index (κ1) is 20.7. The van der Waals surface area contributed by atoms with Crippen molar-refractivity contribution in [2.45, 2.75) is 56.3 Å². The summed E-state index contributed by atoms with van der Waals surface area (Å²) in [6.45, 7) is -0.101. The van der Waals surface area contributed by atoms with Crippen LogP contribution in [0.25, 0.3) is 0 Å². The molecule has 166 valence electrons. The molecule has 3 heterocycles. The van der Waals surface area contributed by atoms with Gasteiger partial charge in [0.1, 0.15) is 48.1 Å². The molecule has 6 rings (SSSR count). The monoisotopic (exact) mass is 430 g/mol. The predicted octanol–water partition coefficient (Wildman–Crippen LogP) is 2.02. The van der Waals surface area contributed by atoms with Crippen LogP contribution in [0.1, 0.15) is 11.1 Å². The molecule has 7 atom stereocenters. The molecule has 2 aromatic rings. The molecule has 8 heteroatoms. The number of benzene rings is 2. The van der Waals surface area contributed by atoms with Gasteiger partial charge in [0.25, 0.3) is 6.48 Å². The van der Waals surface area contributed by atoms with Crippen molar-refractivity contribution in [1.29, 1.82) is 0 Å². The number of aliphatic hydroxyl groups is 1. The molecule has 4 bridgehead atoms. The zero-order chi connectivity index (χ0) is 21.4. The maximum Gasteiger partial charge on any atom is 0.272 e. The average molecular weight is 430 g/mol. The molecule has 4 aliphatic rings. The Morgan fingerprint density at radius 3 is 1.52 bits per heavy atom. The molecule has 1 saturated carbocycles. The van der Waals surface area contributed by atoms with Crippen LogP contribution in [0.15, 0.2) is 48.5 Å². The minimum absolute atomic E-state index is 0.350. The quantitative estimate of drug-likeness (QED) is 0.681. The van der Waals surface area contributed by atoms with E-state index >= 15 is 0 Å². The van der Waals surface area contributed by atoms with Gasteiger partial charge in [-0.25, -0.2) is 0 Å². The van der Waals surface area contributed by atoms with Gasteiger partial charge in [-0.15, -0.1) is 0 Å². The van der Waals surface area contributed by atoms with E-state index in [2.05, 4.69) is 0 Å². The third-order valence-corrected chi connectivity index (χ3v) is 5.98. The first-order chi connectivity index (χ1) is 15.2. The van der Waals surface area contributed by atoms with E-state index < -0.39 is 43.1 Å². The van der Waals surface area contributed by atoms with Crippen LogP contribution in [0, 0.1) is 0 Å². The second kappa shape index (κ2) is 8.74. The zero-order valence-corrected chi connectivity index (χ0v) is 17.4. The summed E-state index contributed by atoms with van der Waals surface area (Å²) in [7, 11) is 3.26. The summed E-state index contributed by atoms with van der Waals surface area (Å²) in [5.41, 5.74) is 1.96. The molecule has 1 N–H and O–H groups in total. The Hall–Kier alpha value is -2.20. The fourth-order valence-corrected chi connectivity index (χ4v) is 4.30. The minimum atomic E-state index is -0.863. The fourth-order valence-electron chi connectivity index (χ4n) is 4.30.